The van der Waals surface area contributed by atoms with E-state index >= 15 is 0 Å². The van der Waals surface area contributed by atoms with Crippen LogP contribution in [0.5, 0.6) is 0 Å². The van der Waals surface area contributed by atoms with Gasteiger partial charge in [-0.2, -0.15) is 0 Å². The minimum atomic E-state index is -4.08. The van der Waals surface area contributed by atoms with E-state index in [4.69, 9.17) is 10.5 Å². The van der Waals surface area contributed by atoms with E-state index in [1.54, 1.807) is 17.4 Å². The van der Waals surface area contributed by atoms with Crippen LogP contribution in [0.4, 0.5) is 5.82 Å². The molecule has 166 valence electrons. The van der Waals surface area contributed by atoms with E-state index in [1.165, 1.54) is 35.1 Å². The van der Waals surface area contributed by atoms with Crippen molar-refractivity contribution >= 4 is 49.3 Å². The van der Waals surface area contributed by atoms with Gasteiger partial charge in [-0.1, -0.05) is 18.6 Å². The molecule has 0 fully saturated rings. The Morgan fingerprint density at radius 2 is 1.94 bits per heavy atom. The first-order valence-electron chi connectivity index (χ1n) is 10.2. The lowest BCUT2D eigenvalue weighted by Gasteiger charge is -2.14. The number of rotatable bonds is 4. The van der Waals surface area contributed by atoms with E-state index in [1.807, 2.05) is 0 Å². The first kappa shape index (κ1) is 20.8. The van der Waals surface area contributed by atoms with Crippen molar-refractivity contribution in [1.29, 1.82) is 0 Å². The van der Waals surface area contributed by atoms with Crippen molar-refractivity contribution in [1.82, 2.24) is 14.3 Å². The van der Waals surface area contributed by atoms with Crippen LogP contribution < -0.4 is 5.73 Å². The van der Waals surface area contributed by atoms with Gasteiger partial charge in [0.1, 0.15) is 22.1 Å². The number of ether oxygens (including phenoxy) is 1. The van der Waals surface area contributed by atoms with Crippen molar-refractivity contribution in [3.05, 3.63) is 46.1 Å². The van der Waals surface area contributed by atoms with Gasteiger partial charge >= 0.3 is 5.97 Å². The molecule has 5 rings (SSSR count). The fraction of sp³-hybridized carbons (Fsp3) is 0.333. The van der Waals surface area contributed by atoms with E-state index in [2.05, 4.69) is 9.97 Å². The van der Waals surface area contributed by atoms with Crippen LogP contribution >= 0.6 is 11.3 Å². The molecule has 3 heterocycles. The molecule has 0 spiro atoms. The van der Waals surface area contributed by atoms with Gasteiger partial charge in [0.05, 0.1) is 10.9 Å². The van der Waals surface area contributed by atoms with Gasteiger partial charge < -0.3 is 10.5 Å². The molecule has 0 saturated heterocycles. The number of aromatic nitrogens is 2. The molecular weight excluding hydrogens is 452 g/mol. The average molecular weight is 473 g/mol. The quantitative estimate of drug-likeness (QED) is 0.452. The third kappa shape index (κ3) is 3.41. The molecule has 2 aliphatic rings. The van der Waals surface area contributed by atoms with E-state index in [-0.39, 0.29) is 22.9 Å². The Morgan fingerprint density at radius 3 is 2.75 bits per heavy atom. The molecule has 2 aromatic heterocycles. The van der Waals surface area contributed by atoms with Crippen molar-refractivity contribution in [3.63, 3.8) is 0 Å². The fourth-order valence-corrected chi connectivity index (χ4v) is 6.97. The number of thiophene rings is 1. The van der Waals surface area contributed by atoms with Gasteiger partial charge in [-0.25, -0.2) is 22.7 Å². The van der Waals surface area contributed by atoms with Crippen LogP contribution in [0.1, 0.15) is 45.9 Å². The highest BCUT2D eigenvalue weighted by Crippen LogP contribution is 2.37. The number of amides is 1. The van der Waals surface area contributed by atoms with Crippen LogP contribution in [0.2, 0.25) is 0 Å². The van der Waals surface area contributed by atoms with Gasteiger partial charge in [0, 0.05) is 4.88 Å². The number of benzene rings is 1. The number of fused-ring (bicyclic) bond motifs is 4. The van der Waals surface area contributed by atoms with Crippen molar-refractivity contribution in [2.24, 2.45) is 0 Å². The van der Waals surface area contributed by atoms with Crippen molar-refractivity contribution < 1.29 is 22.7 Å². The molecule has 0 bridgehead atoms. The molecule has 32 heavy (non-hydrogen) atoms. The molecular formula is C21H20N4O5S2. The molecule has 0 unspecified atom stereocenters. The van der Waals surface area contributed by atoms with E-state index in [0.717, 1.165) is 35.9 Å². The topological polar surface area (TPSA) is 133 Å². The Labute approximate surface area is 188 Å². The number of sulfonamides is 1. The highest BCUT2D eigenvalue weighted by molar-refractivity contribution is 7.90. The fourth-order valence-electron chi connectivity index (χ4n) is 4.17. The maximum Gasteiger partial charge on any atom is 0.327 e. The van der Waals surface area contributed by atoms with Gasteiger partial charge in [0.15, 0.2) is 12.4 Å². The minimum absolute atomic E-state index is 0.0410. The van der Waals surface area contributed by atoms with Gasteiger partial charge in [-0.3, -0.25) is 9.59 Å². The summed E-state index contributed by atoms with van der Waals surface area (Å²) < 4.78 is 30.9. The lowest BCUT2D eigenvalue weighted by molar-refractivity contribution is -0.145. The zero-order chi connectivity index (χ0) is 22.5. The predicted molar refractivity (Wildman–Crippen MR) is 118 cm³/mol. The third-order valence-corrected chi connectivity index (χ3v) is 8.66. The normalized spacial score (nSPS) is 17.1. The van der Waals surface area contributed by atoms with Crippen LogP contribution in [0.15, 0.2) is 29.2 Å². The van der Waals surface area contributed by atoms with Gasteiger partial charge in [-0.15, -0.1) is 11.3 Å². The second-order valence-electron chi connectivity index (χ2n) is 7.74. The molecule has 0 saturated carbocycles. The van der Waals surface area contributed by atoms with Gasteiger partial charge in [-0.05, 0) is 43.4 Å². The molecule has 9 nitrogen and oxygen atoms in total. The first-order valence-corrected chi connectivity index (χ1v) is 12.5. The molecule has 0 atom stereocenters. The first-order chi connectivity index (χ1) is 15.4. The van der Waals surface area contributed by atoms with E-state index < -0.39 is 28.4 Å². The summed E-state index contributed by atoms with van der Waals surface area (Å²) in [5, 5.41) is 0.883. The molecule has 11 heteroatoms. The number of esters is 1. The summed E-state index contributed by atoms with van der Waals surface area (Å²) in [4.78, 5) is 35.5. The minimum Gasteiger partial charge on any atom is -0.456 e. The summed E-state index contributed by atoms with van der Waals surface area (Å²) in [5.41, 5.74) is 7.46. The number of carbonyl (C=O) groups is 2. The van der Waals surface area contributed by atoms with Crippen molar-refractivity contribution in [3.8, 4) is 0 Å². The Bertz CT molecular complexity index is 1370. The molecule has 1 aromatic carbocycles. The van der Waals surface area contributed by atoms with Crippen molar-refractivity contribution in [2.45, 2.75) is 43.6 Å². The van der Waals surface area contributed by atoms with Gasteiger partial charge in [0.25, 0.3) is 15.9 Å². The second-order valence-corrected chi connectivity index (χ2v) is 10.7. The number of aryl methyl sites for hydroxylation is 2. The number of hydrogen-bond acceptors (Lipinski definition) is 9. The molecule has 0 radical (unpaired) electrons. The second kappa shape index (κ2) is 7.82. The molecule has 1 aliphatic carbocycles. The van der Waals surface area contributed by atoms with Crippen LogP contribution in [0, 0.1) is 0 Å². The summed E-state index contributed by atoms with van der Waals surface area (Å²) in [6, 6.07) is 5.83. The monoisotopic (exact) mass is 472 g/mol. The zero-order valence-electron chi connectivity index (χ0n) is 17.0. The lowest BCUT2D eigenvalue weighted by Crippen LogP contribution is -2.35. The maximum absolute atomic E-state index is 12.6. The summed E-state index contributed by atoms with van der Waals surface area (Å²) in [5.74, 6) is -1.04. The standard InChI is InChI=1S/C21H20N4O5S2/c22-19-18-12-6-2-1-3-8-14(12)31-20(18)24-16(23-19)11-30-17(26)10-25-21(27)13-7-4-5-9-15(13)32(25,28)29/h4-5,7,9H,1-3,6,8,10-11H2,(H2,22,23,24). The van der Waals surface area contributed by atoms with E-state index in [9.17, 15) is 18.0 Å². The van der Waals surface area contributed by atoms with E-state index in [0.29, 0.717) is 10.1 Å². The Kier molecular flexibility index (Phi) is 5.09. The highest BCUT2D eigenvalue weighted by Gasteiger charge is 2.42. The zero-order valence-corrected chi connectivity index (χ0v) is 18.7. The highest BCUT2D eigenvalue weighted by atomic mass is 32.2. The average Bonchev–Trinajstić information content (AvgIpc) is 3.08. The van der Waals surface area contributed by atoms with Crippen LogP contribution in [-0.2, 0) is 39.0 Å². The molecule has 1 amide bonds. The summed E-state index contributed by atoms with van der Waals surface area (Å²) in [6.45, 7) is -0.989. The lowest BCUT2D eigenvalue weighted by atomic mass is 10.1. The summed E-state index contributed by atoms with van der Waals surface area (Å²) in [6.07, 6.45) is 5.40. The summed E-state index contributed by atoms with van der Waals surface area (Å²) >= 11 is 1.59. The molecule has 2 N–H and O–H groups in total. The maximum atomic E-state index is 12.6. The number of nitrogens with zero attached hydrogens (tertiary/aromatic N) is 3. The largest absolute Gasteiger partial charge is 0.456 e. The molecule has 3 aromatic rings. The predicted octanol–water partition coefficient (Wildman–Crippen LogP) is 2.43. The Balaban J connectivity index is 1.31. The van der Waals surface area contributed by atoms with Crippen LogP contribution in [-0.4, -0.2) is 41.1 Å². The SMILES string of the molecule is Nc1nc(COC(=O)CN2C(=O)c3ccccc3S2(=O)=O)nc2sc3c(c12)CCCCC3. The Morgan fingerprint density at radius 1 is 1.16 bits per heavy atom. The smallest absolute Gasteiger partial charge is 0.327 e. The third-order valence-electron chi connectivity index (χ3n) is 5.69. The number of anilines is 1. The number of nitrogens with two attached hydrogens (primary N) is 1. The Hall–Kier alpha value is -3.05. The number of nitrogen functional groups attached to an aromatic ring is 1. The molecule has 1 aliphatic heterocycles. The number of hydrogen-bond donors (Lipinski definition) is 1. The number of carbonyl (C=O) groups excluding carboxylic acids is 2. The summed E-state index contributed by atoms with van der Waals surface area (Å²) in [7, 11) is -4.08. The van der Waals surface area contributed by atoms with Crippen molar-refractivity contribution in [2.75, 3.05) is 12.3 Å². The van der Waals surface area contributed by atoms with Gasteiger partial charge in [0.2, 0.25) is 0 Å². The van der Waals surface area contributed by atoms with Crippen LogP contribution in [0.25, 0.3) is 10.2 Å². The van der Waals surface area contributed by atoms with Crippen LogP contribution in [0.3, 0.4) is 0 Å².